The van der Waals surface area contributed by atoms with E-state index in [1.807, 2.05) is 0 Å². The molecule has 0 bridgehead atoms. The Bertz CT molecular complexity index is 258. The van der Waals surface area contributed by atoms with Gasteiger partial charge in [0.25, 0.3) is 0 Å². The standard InChI is InChI=1S/C7H10N2O3S/c8-7(11)12-3-4-2-9-5(10)1-6(9)13-4/h4,6H,1-3H2,(H2,8,11)/t4?,6-/m1/s1. The van der Waals surface area contributed by atoms with E-state index in [9.17, 15) is 9.59 Å². The summed E-state index contributed by atoms with van der Waals surface area (Å²) in [6, 6.07) is 0. The Kier molecular flexibility index (Phi) is 2.07. The first kappa shape index (κ1) is 8.68. The van der Waals surface area contributed by atoms with Gasteiger partial charge in [-0.05, 0) is 0 Å². The monoisotopic (exact) mass is 202 g/mol. The summed E-state index contributed by atoms with van der Waals surface area (Å²) in [5.41, 5.74) is 4.83. The van der Waals surface area contributed by atoms with Crippen LogP contribution in [0.25, 0.3) is 0 Å². The van der Waals surface area contributed by atoms with Crippen molar-refractivity contribution in [2.45, 2.75) is 17.0 Å². The molecule has 0 spiro atoms. The summed E-state index contributed by atoms with van der Waals surface area (Å²) in [5.74, 6) is 0.194. The van der Waals surface area contributed by atoms with Crippen molar-refractivity contribution in [3.05, 3.63) is 0 Å². The van der Waals surface area contributed by atoms with Crippen LogP contribution in [0.5, 0.6) is 0 Å². The molecule has 72 valence electrons. The number of nitrogens with zero attached hydrogens (tertiary/aromatic N) is 1. The van der Waals surface area contributed by atoms with E-state index in [0.29, 0.717) is 24.9 Å². The highest BCUT2D eigenvalue weighted by atomic mass is 32.2. The van der Waals surface area contributed by atoms with Crippen LogP contribution < -0.4 is 5.73 Å². The van der Waals surface area contributed by atoms with Crippen LogP contribution >= 0.6 is 11.8 Å². The molecule has 2 aliphatic heterocycles. The number of thioether (sulfide) groups is 1. The highest BCUT2D eigenvalue weighted by Crippen LogP contribution is 2.39. The smallest absolute Gasteiger partial charge is 0.404 e. The van der Waals surface area contributed by atoms with E-state index in [4.69, 9.17) is 5.73 Å². The topological polar surface area (TPSA) is 72.6 Å². The number of carbonyl (C=O) groups excluding carboxylic acids is 2. The fourth-order valence-corrected chi connectivity index (χ4v) is 2.94. The van der Waals surface area contributed by atoms with E-state index < -0.39 is 6.09 Å². The molecule has 0 radical (unpaired) electrons. The van der Waals surface area contributed by atoms with Crippen LogP contribution in [0.15, 0.2) is 0 Å². The number of β-lactam (4-membered cyclic amide) rings is 1. The zero-order chi connectivity index (χ0) is 9.42. The minimum atomic E-state index is -0.749. The molecular weight excluding hydrogens is 192 g/mol. The Labute approximate surface area is 79.6 Å². The van der Waals surface area contributed by atoms with Gasteiger partial charge >= 0.3 is 6.09 Å². The van der Waals surface area contributed by atoms with Gasteiger partial charge in [0, 0.05) is 6.54 Å². The van der Waals surface area contributed by atoms with Gasteiger partial charge in [-0.15, -0.1) is 11.8 Å². The predicted molar refractivity (Wildman–Crippen MR) is 47.0 cm³/mol. The fraction of sp³-hybridized carbons (Fsp3) is 0.714. The van der Waals surface area contributed by atoms with E-state index in [1.54, 1.807) is 16.7 Å². The molecule has 0 aromatic heterocycles. The molecule has 2 atom stereocenters. The molecule has 2 aliphatic rings. The van der Waals surface area contributed by atoms with Gasteiger partial charge in [0.05, 0.1) is 17.0 Å². The van der Waals surface area contributed by atoms with Gasteiger partial charge in [0.15, 0.2) is 0 Å². The van der Waals surface area contributed by atoms with Crippen molar-refractivity contribution < 1.29 is 14.3 Å². The maximum Gasteiger partial charge on any atom is 0.404 e. The summed E-state index contributed by atoms with van der Waals surface area (Å²) >= 11 is 1.68. The van der Waals surface area contributed by atoms with Gasteiger partial charge in [-0.3, -0.25) is 4.79 Å². The van der Waals surface area contributed by atoms with Crippen molar-refractivity contribution in [3.8, 4) is 0 Å². The minimum Gasteiger partial charge on any atom is -0.448 e. The molecule has 2 heterocycles. The van der Waals surface area contributed by atoms with Gasteiger partial charge in [-0.25, -0.2) is 4.79 Å². The summed E-state index contributed by atoms with van der Waals surface area (Å²) in [4.78, 5) is 23.1. The van der Waals surface area contributed by atoms with Crippen LogP contribution in [-0.4, -0.2) is 40.7 Å². The van der Waals surface area contributed by atoms with Crippen LogP contribution in [0.3, 0.4) is 0 Å². The predicted octanol–water partition coefficient (Wildman–Crippen LogP) is -0.244. The Hall–Kier alpha value is -0.910. The largest absolute Gasteiger partial charge is 0.448 e. The van der Waals surface area contributed by atoms with Gasteiger partial charge in [0.2, 0.25) is 5.91 Å². The van der Waals surface area contributed by atoms with Crippen molar-refractivity contribution in [2.75, 3.05) is 13.2 Å². The van der Waals surface area contributed by atoms with Crippen molar-refractivity contribution >= 4 is 23.8 Å². The maximum atomic E-state index is 11.0. The first-order valence-corrected chi connectivity index (χ1v) is 4.98. The highest BCUT2D eigenvalue weighted by molar-refractivity contribution is 8.00. The second kappa shape index (κ2) is 3.10. The summed E-state index contributed by atoms with van der Waals surface area (Å²) in [6.45, 7) is 0.988. The summed E-state index contributed by atoms with van der Waals surface area (Å²) in [7, 11) is 0. The van der Waals surface area contributed by atoms with Crippen molar-refractivity contribution in [1.82, 2.24) is 4.90 Å². The lowest BCUT2D eigenvalue weighted by molar-refractivity contribution is -0.140. The Morgan fingerprint density at radius 1 is 1.77 bits per heavy atom. The molecule has 2 N–H and O–H groups in total. The van der Waals surface area contributed by atoms with Crippen molar-refractivity contribution in [3.63, 3.8) is 0 Å². The lowest BCUT2D eigenvalue weighted by Crippen LogP contribution is -2.47. The first-order valence-electron chi connectivity index (χ1n) is 4.04. The zero-order valence-corrected chi connectivity index (χ0v) is 7.75. The number of amides is 2. The van der Waals surface area contributed by atoms with Gasteiger partial charge in [-0.2, -0.15) is 0 Å². The second-order valence-corrected chi connectivity index (χ2v) is 4.58. The molecule has 2 fully saturated rings. The molecule has 0 aliphatic carbocycles. The summed E-state index contributed by atoms with van der Waals surface area (Å²) < 4.78 is 4.67. The quantitative estimate of drug-likeness (QED) is 0.627. The highest BCUT2D eigenvalue weighted by Gasteiger charge is 2.44. The Morgan fingerprint density at radius 3 is 3.08 bits per heavy atom. The number of rotatable bonds is 2. The summed E-state index contributed by atoms with van der Waals surface area (Å²) in [6.07, 6.45) is -0.126. The SMILES string of the molecule is NC(=O)OCC1CN2C(=O)C[C@H]2S1. The van der Waals surface area contributed by atoms with Crippen LogP contribution in [0.4, 0.5) is 4.79 Å². The third kappa shape index (κ3) is 1.58. The maximum absolute atomic E-state index is 11.0. The average Bonchev–Trinajstić information content (AvgIpc) is 2.39. The molecule has 0 aromatic rings. The number of nitrogens with two attached hydrogens (primary N) is 1. The molecule has 5 nitrogen and oxygen atoms in total. The van der Waals surface area contributed by atoms with Gasteiger partial charge < -0.3 is 15.4 Å². The van der Waals surface area contributed by atoms with Gasteiger partial charge in [0.1, 0.15) is 6.61 Å². The normalized spacial score (nSPS) is 31.1. The summed E-state index contributed by atoms with van der Waals surface area (Å²) in [5, 5.41) is 0.512. The molecule has 13 heavy (non-hydrogen) atoms. The average molecular weight is 202 g/mol. The molecule has 2 rings (SSSR count). The van der Waals surface area contributed by atoms with Crippen LogP contribution in [0.1, 0.15) is 6.42 Å². The first-order chi connectivity index (χ1) is 6.16. The van der Waals surface area contributed by atoms with Crippen molar-refractivity contribution in [2.24, 2.45) is 5.73 Å². The van der Waals surface area contributed by atoms with Crippen LogP contribution in [0.2, 0.25) is 0 Å². The lowest BCUT2D eigenvalue weighted by atomic mass is 10.2. The van der Waals surface area contributed by atoms with E-state index in [1.165, 1.54) is 0 Å². The number of carbonyl (C=O) groups is 2. The number of ether oxygens (including phenoxy) is 1. The Balaban J connectivity index is 1.78. The van der Waals surface area contributed by atoms with Gasteiger partial charge in [-0.1, -0.05) is 0 Å². The van der Waals surface area contributed by atoms with Crippen LogP contribution in [-0.2, 0) is 9.53 Å². The molecular formula is C7H10N2O3S. The molecule has 0 saturated carbocycles. The number of fused-ring (bicyclic) bond motifs is 1. The molecule has 2 amide bonds. The van der Waals surface area contributed by atoms with Crippen molar-refractivity contribution in [1.29, 1.82) is 0 Å². The minimum absolute atomic E-state index is 0.194. The van der Waals surface area contributed by atoms with Crippen LogP contribution in [0, 0.1) is 0 Å². The molecule has 6 heteroatoms. The molecule has 2 saturated heterocycles. The molecule has 1 unspecified atom stereocenters. The third-order valence-corrected chi connectivity index (χ3v) is 3.58. The fourth-order valence-electron chi connectivity index (χ4n) is 1.52. The lowest BCUT2D eigenvalue weighted by Gasteiger charge is -2.32. The molecule has 0 aromatic carbocycles. The van der Waals surface area contributed by atoms with E-state index >= 15 is 0 Å². The van der Waals surface area contributed by atoms with E-state index in [2.05, 4.69) is 4.74 Å². The van der Waals surface area contributed by atoms with E-state index in [0.717, 1.165) is 0 Å². The number of hydrogen-bond acceptors (Lipinski definition) is 4. The Morgan fingerprint density at radius 2 is 2.54 bits per heavy atom. The number of hydrogen-bond donors (Lipinski definition) is 1. The number of primary amides is 1. The van der Waals surface area contributed by atoms with E-state index in [-0.39, 0.29) is 11.2 Å². The third-order valence-electron chi connectivity index (χ3n) is 2.18. The zero-order valence-electron chi connectivity index (χ0n) is 6.93. The second-order valence-electron chi connectivity index (χ2n) is 3.09.